The molecule has 0 radical (unpaired) electrons. The largest absolute Gasteiger partial charge is 0.357 e. The van der Waals surface area contributed by atoms with E-state index in [1.165, 1.54) is 0 Å². The highest BCUT2D eigenvalue weighted by Gasteiger charge is 2.21. The summed E-state index contributed by atoms with van der Waals surface area (Å²) in [5.74, 6) is 1.06. The van der Waals surface area contributed by atoms with Crippen molar-refractivity contribution in [2.75, 3.05) is 32.7 Å². The van der Waals surface area contributed by atoms with Gasteiger partial charge in [0.1, 0.15) is 5.01 Å². The van der Waals surface area contributed by atoms with E-state index in [-0.39, 0.29) is 35.3 Å². The molecule has 1 N–H and O–H groups in total. The number of nitrogens with zero attached hydrogens (tertiary/aromatic N) is 4. The third-order valence-corrected chi connectivity index (χ3v) is 4.88. The molecule has 1 amide bonds. The van der Waals surface area contributed by atoms with Crippen molar-refractivity contribution in [2.24, 2.45) is 4.99 Å². The summed E-state index contributed by atoms with van der Waals surface area (Å²) >= 11 is 1.67. The SMILES string of the molecule is CCNC(=NCc1nc(C(C)(C)C)cs1)N1CCN(C(C)=O)CC1.I. The predicted molar refractivity (Wildman–Crippen MR) is 115 cm³/mol. The molecule has 2 heterocycles. The maximum atomic E-state index is 11.4. The molecule has 1 fully saturated rings. The highest BCUT2D eigenvalue weighted by molar-refractivity contribution is 14.0. The Labute approximate surface area is 172 Å². The van der Waals surface area contributed by atoms with Crippen LogP contribution in [0.4, 0.5) is 0 Å². The normalized spacial score (nSPS) is 15.8. The molecular formula is C17H30IN5OS. The van der Waals surface area contributed by atoms with Gasteiger partial charge in [0.05, 0.1) is 12.2 Å². The lowest BCUT2D eigenvalue weighted by Gasteiger charge is -2.36. The summed E-state index contributed by atoms with van der Waals surface area (Å²) in [4.78, 5) is 25.0. The number of piperazine rings is 1. The van der Waals surface area contributed by atoms with E-state index in [1.54, 1.807) is 18.3 Å². The number of halogens is 1. The summed E-state index contributed by atoms with van der Waals surface area (Å²) in [7, 11) is 0. The van der Waals surface area contributed by atoms with Crippen LogP contribution in [0.5, 0.6) is 0 Å². The molecule has 142 valence electrons. The van der Waals surface area contributed by atoms with Gasteiger partial charge in [0.15, 0.2) is 5.96 Å². The van der Waals surface area contributed by atoms with Gasteiger partial charge in [-0.05, 0) is 6.92 Å². The average Bonchev–Trinajstić information content (AvgIpc) is 3.01. The van der Waals surface area contributed by atoms with Crippen molar-refractivity contribution in [1.82, 2.24) is 20.1 Å². The molecule has 25 heavy (non-hydrogen) atoms. The van der Waals surface area contributed by atoms with Crippen LogP contribution in [0, 0.1) is 0 Å². The van der Waals surface area contributed by atoms with Crippen molar-refractivity contribution in [3.05, 3.63) is 16.1 Å². The van der Waals surface area contributed by atoms with Crippen LogP contribution >= 0.6 is 35.3 Å². The van der Waals surface area contributed by atoms with Gasteiger partial charge in [-0.1, -0.05) is 20.8 Å². The molecule has 2 rings (SSSR count). The number of hydrogen-bond acceptors (Lipinski definition) is 4. The topological polar surface area (TPSA) is 60.8 Å². The molecule has 0 saturated carbocycles. The average molecular weight is 479 g/mol. The molecule has 0 atom stereocenters. The van der Waals surface area contributed by atoms with Crippen LogP contribution in [0.15, 0.2) is 10.4 Å². The first-order chi connectivity index (χ1) is 11.3. The molecule has 8 heteroatoms. The van der Waals surface area contributed by atoms with Crippen molar-refractivity contribution < 1.29 is 4.79 Å². The Bertz CT molecular complexity index is 588. The Morgan fingerprint density at radius 1 is 1.28 bits per heavy atom. The number of carbonyl (C=O) groups is 1. The van der Waals surface area contributed by atoms with Crippen molar-refractivity contribution in [3.63, 3.8) is 0 Å². The van der Waals surface area contributed by atoms with Crippen LogP contribution in [-0.4, -0.2) is 59.4 Å². The summed E-state index contributed by atoms with van der Waals surface area (Å²) < 4.78 is 0. The molecule has 1 aliphatic heterocycles. The second kappa shape index (κ2) is 9.70. The summed E-state index contributed by atoms with van der Waals surface area (Å²) in [5.41, 5.74) is 1.20. The number of thiazole rings is 1. The van der Waals surface area contributed by atoms with Crippen LogP contribution in [0.25, 0.3) is 0 Å². The Morgan fingerprint density at radius 3 is 2.36 bits per heavy atom. The van der Waals surface area contributed by atoms with Gasteiger partial charge in [-0.3, -0.25) is 4.79 Å². The van der Waals surface area contributed by atoms with Crippen molar-refractivity contribution in [2.45, 2.75) is 46.6 Å². The highest BCUT2D eigenvalue weighted by Crippen LogP contribution is 2.24. The standard InChI is InChI=1S/C17H29N5OS.HI/c1-6-18-16(22-9-7-21(8-10-22)13(2)23)19-11-15-20-14(12-24-15)17(3,4)5;/h12H,6-11H2,1-5H3,(H,18,19);1H. The van der Waals surface area contributed by atoms with E-state index in [0.29, 0.717) is 6.54 Å². The third-order valence-electron chi connectivity index (χ3n) is 4.04. The first-order valence-electron chi connectivity index (χ1n) is 8.55. The van der Waals surface area contributed by atoms with Gasteiger partial charge in [0.25, 0.3) is 0 Å². The monoisotopic (exact) mass is 479 g/mol. The van der Waals surface area contributed by atoms with Crippen molar-refractivity contribution >= 4 is 47.2 Å². The second-order valence-corrected chi connectivity index (χ2v) is 7.98. The molecule has 0 bridgehead atoms. The van der Waals surface area contributed by atoms with Gasteiger partial charge in [-0.25, -0.2) is 9.98 Å². The molecule has 1 aliphatic rings. The third kappa shape index (κ3) is 6.40. The van der Waals surface area contributed by atoms with E-state index >= 15 is 0 Å². The number of nitrogens with one attached hydrogen (secondary N) is 1. The quantitative estimate of drug-likeness (QED) is 0.412. The van der Waals surface area contributed by atoms with E-state index in [0.717, 1.165) is 49.4 Å². The van der Waals surface area contributed by atoms with Crippen LogP contribution in [-0.2, 0) is 16.8 Å². The molecule has 1 aromatic rings. The van der Waals surface area contributed by atoms with Crippen molar-refractivity contribution in [3.8, 4) is 0 Å². The molecule has 0 aromatic carbocycles. The van der Waals surface area contributed by atoms with E-state index < -0.39 is 0 Å². The molecule has 0 unspecified atom stereocenters. The van der Waals surface area contributed by atoms with Gasteiger partial charge < -0.3 is 15.1 Å². The minimum atomic E-state index is 0. The number of rotatable bonds is 3. The maximum Gasteiger partial charge on any atom is 0.219 e. The number of amides is 1. The van der Waals surface area contributed by atoms with Crippen LogP contribution in [0.2, 0.25) is 0 Å². The smallest absolute Gasteiger partial charge is 0.219 e. The van der Waals surface area contributed by atoms with Gasteiger partial charge in [-0.15, -0.1) is 35.3 Å². The van der Waals surface area contributed by atoms with Gasteiger partial charge in [-0.2, -0.15) is 0 Å². The zero-order valence-corrected chi connectivity index (χ0v) is 19.0. The van der Waals surface area contributed by atoms with Gasteiger partial charge >= 0.3 is 0 Å². The first kappa shape index (κ1) is 22.1. The lowest BCUT2D eigenvalue weighted by atomic mass is 9.93. The number of aliphatic imine (C=N–C) groups is 1. The molecule has 0 spiro atoms. The number of carbonyl (C=O) groups excluding carboxylic acids is 1. The maximum absolute atomic E-state index is 11.4. The number of aromatic nitrogens is 1. The van der Waals surface area contributed by atoms with E-state index in [9.17, 15) is 4.79 Å². The second-order valence-electron chi connectivity index (χ2n) is 7.04. The van der Waals surface area contributed by atoms with E-state index in [4.69, 9.17) is 9.98 Å². The minimum Gasteiger partial charge on any atom is -0.357 e. The highest BCUT2D eigenvalue weighted by atomic mass is 127. The van der Waals surface area contributed by atoms with Crippen LogP contribution in [0.1, 0.15) is 45.3 Å². The zero-order valence-electron chi connectivity index (χ0n) is 15.8. The fourth-order valence-electron chi connectivity index (χ4n) is 2.53. The lowest BCUT2D eigenvalue weighted by Crippen LogP contribution is -2.53. The van der Waals surface area contributed by atoms with Crippen molar-refractivity contribution in [1.29, 1.82) is 0 Å². The Morgan fingerprint density at radius 2 is 1.88 bits per heavy atom. The predicted octanol–water partition coefficient (Wildman–Crippen LogP) is 2.69. The fraction of sp³-hybridized carbons (Fsp3) is 0.706. The summed E-state index contributed by atoms with van der Waals surface area (Å²) in [5, 5.41) is 6.52. The Hall–Kier alpha value is -0.900. The van der Waals surface area contributed by atoms with E-state index in [2.05, 4.69) is 43.3 Å². The fourth-order valence-corrected chi connectivity index (χ4v) is 3.47. The zero-order chi connectivity index (χ0) is 17.7. The molecule has 1 aromatic heterocycles. The Kier molecular flexibility index (Phi) is 8.59. The van der Waals surface area contributed by atoms with E-state index in [1.807, 2.05) is 4.90 Å². The van der Waals surface area contributed by atoms with Crippen LogP contribution in [0.3, 0.4) is 0 Å². The minimum absolute atomic E-state index is 0. The van der Waals surface area contributed by atoms with Gasteiger partial charge in [0, 0.05) is 50.4 Å². The Balaban J connectivity index is 0.00000312. The lowest BCUT2D eigenvalue weighted by molar-refractivity contribution is -0.130. The summed E-state index contributed by atoms with van der Waals surface area (Å²) in [6, 6.07) is 0. The molecule has 0 aliphatic carbocycles. The first-order valence-corrected chi connectivity index (χ1v) is 9.43. The number of guanidine groups is 1. The summed E-state index contributed by atoms with van der Waals surface area (Å²) in [6.07, 6.45) is 0. The molecule has 6 nitrogen and oxygen atoms in total. The molecular weight excluding hydrogens is 449 g/mol. The van der Waals surface area contributed by atoms with Gasteiger partial charge in [0.2, 0.25) is 5.91 Å². The number of hydrogen-bond donors (Lipinski definition) is 1. The molecule has 1 saturated heterocycles. The summed E-state index contributed by atoms with van der Waals surface area (Å²) in [6.45, 7) is 14.8. The van der Waals surface area contributed by atoms with Crippen LogP contribution < -0.4 is 5.32 Å².